The molecule has 9 nitrogen and oxygen atoms in total. The molecule has 0 aliphatic heterocycles. The Morgan fingerprint density at radius 3 is 2.78 bits per heavy atom. The van der Waals surface area contributed by atoms with E-state index in [2.05, 4.69) is 20.1 Å². The molecule has 5 rings (SSSR count). The van der Waals surface area contributed by atoms with Crippen molar-refractivity contribution in [3.63, 3.8) is 0 Å². The quantitative estimate of drug-likeness (QED) is 0.478. The lowest BCUT2D eigenvalue weighted by atomic mass is 10.2. The van der Waals surface area contributed by atoms with Crippen LogP contribution in [0.5, 0.6) is 5.88 Å². The summed E-state index contributed by atoms with van der Waals surface area (Å²) in [5, 5.41) is 14.9. The Morgan fingerprint density at radius 1 is 1.26 bits per heavy atom. The van der Waals surface area contributed by atoms with Crippen molar-refractivity contribution in [3.05, 3.63) is 63.7 Å². The number of aromatic amines is 2. The first-order valence-corrected chi connectivity index (χ1v) is 8.53. The molecule has 3 N–H and O–H groups in total. The normalized spacial score (nSPS) is 15.7. The van der Waals surface area contributed by atoms with E-state index in [4.69, 9.17) is 9.98 Å². The summed E-state index contributed by atoms with van der Waals surface area (Å²) in [6.45, 7) is 0. The molecule has 0 aromatic carbocycles. The average Bonchev–Trinajstić information content (AvgIpc) is 3.31. The van der Waals surface area contributed by atoms with Gasteiger partial charge in [0.25, 0.3) is 0 Å². The van der Waals surface area contributed by atoms with Crippen LogP contribution in [-0.4, -0.2) is 40.7 Å². The molecule has 1 saturated carbocycles. The summed E-state index contributed by atoms with van der Waals surface area (Å²) in [6, 6.07) is 6.00. The summed E-state index contributed by atoms with van der Waals surface area (Å²) in [5.41, 5.74) is 2.78. The fourth-order valence-electron chi connectivity index (χ4n) is 2.87. The van der Waals surface area contributed by atoms with E-state index in [9.17, 15) is 9.90 Å². The number of nitrogens with one attached hydrogen (secondary N) is 2. The molecule has 0 saturated heterocycles. The molecule has 134 valence electrons. The first kappa shape index (κ1) is 15.5. The Bertz CT molecular complexity index is 1310. The van der Waals surface area contributed by atoms with Crippen LogP contribution in [0.2, 0.25) is 0 Å². The molecule has 0 atom stereocenters. The van der Waals surface area contributed by atoms with E-state index in [0.29, 0.717) is 16.9 Å². The molecule has 1 aliphatic rings. The highest BCUT2D eigenvalue weighted by Crippen LogP contribution is 2.22. The van der Waals surface area contributed by atoms with E-state index in [-0.39, 0.29) is 11.6 Å². The van der Waals surface area contributed by atoms with Gasteiger partial charge in [0.1, 0.15) is 5.69 Å². The minimum Gasteiger partial charge on any atom is -0.493 e. The van der Waals surface area contributed by atoms with E-state index in [1.807, 2.05) is 18.2 Å². The van der Waals surface area contributed by atoms with Gasteiger partial charge in [0, 0.05) is 29.2 Å². The van der Waals surface area contributed by atoms with Crippen LogP contribution in [0, 0.1) is 0 Å². The number of hydrogen-bond acceptors (Lipinski definition) is 6. The third kappa shape index (κ3) is 2.88. The third-order valence-electron chi connectivity index (χ3n) is 4.35. The van der Waals surface area contributed by atoms with E-state index < -0.39 is 5.69 Å². The first-order valence-electron chi connectivity index (χ1n) is 8.53. The molecule has 9 heteroatoms. The standard InChI is InChI=1S/C18H15N7O2/c26-17-14(23-18(27)24-17)7-11-9-20-25-15(21-12-1-2-12)8-13(22-16(11)25)10-3-5-19-6-4-10/h3-9,12,26H,1-2H2,(H2,23,24,27)/b11-7-,21-15?. The summed E-state index contributed by atoms with van der Waals surface area (Å²) in [5.74, 6) is -0.229. The fourth-order valence-corrected chi connectivity index (χ4v) is 2.87. The van der Waals surface area contributed by atoms with Crippen LogP contribution in [0.3, 0.4) is 0 Å². The monoisotopic (exact) mass is 361 g/mol. The number of nitrogens with zero attached hydrogens (tertiary/aromatic N) is 5. The van der Waals surface area contributed by atoms with Crippen molar-refractivity contribution in [2.75, 3.05) is 0 Å². The van der Waals surface area contributed by atoms with Crippen molar-refractivity contribution in [1.82, 2.24) is 29.5 Å². The number of hydrogen-bond donors (Lipinski definition) is 3. The molecule has 27 heavy (non-hydrogen) atoms. The summed E-state index contributed by atoms with van der Waals surface area (Å²) in [6.07, 6.45) is 8.84. The summed E-state index contributed by atoms with van der Waals surface area (Å²) in [7, 11) is 0. The van der Waals surface area contributed by atoms with E-state index in [1.54, 1.807) is 29.2 Å². The fraction of sp³-hybridized carbons (Fsp3) is 0.167. The van der Waals surface area contributed by atoms with Crippen LogP contribution >= 0.6 is 0 Å². The summed E-state index contributed by atoms with van der Waals surface area (Å²) in [4.78, 5) is 29.7. The SMILES string of the molecule is O=c1[nH]c(O)c(/C=c2/cnn3c(=NC4CC4)cc(-c4ccncc4)nc23)[nH]1. The molecular weight excluding hydrogens is 346 g/mol. The van der Waals surface area contributed by atoms with Crippen LogP contribution in [0.1, 0.15) is 18.5 Å². The predicted octanol–water partition coefficient (Wildman–Crippen LogP) is 0.124. The Labute approximate surface area is 151 Å². The van der Waals surface area contributed by atoms with Crippen molar-refractivity contribution < 1.29 is 5.11 Å². The van der Waals surface area contributed by atoms with Crippen molar-refractivity contribution >= 4 is 11.7 Å². The Kier molecular flexibility index (Phi) is 3.39. The van der Waals surface area contributed by atoms with Crippen molar-refractivity contribution in [3.8, 4) is 17.1 Å². The first-order chi connectivity index (χ1) is 13.2. The lowest BCUT2D eigenvalue weighted by Crippen LogP contribution is -2.19. The molecular formula is C18H15N7O2. The van der Waals surface area contributed by atoms with Gasteiger partial charge < -0.3 is 10.1 Å². The van der Waals surface area contributed by atoms with Gasteiger partial charge in [-0.05, 0) is 31.1 Å². The minimum atomic E-state index is -0.481. The second kappa shape index (κ2) is 5.90. The highest BCUT2D eigenvalue weighted by Gasteiger charge is 2.20. The molecule has 4 aromatic heterocycles. The van der Waals surface area contributed by atoms with Gasteiger partial charge in [-0.3, -0.25) is 15.0 Å². The topological polar surface area (TPSA) is 124 Å². The van der Waals surface area contributed by atoms with Crippen LogP contribution in [0.4, 0.5) is 0 Å². The van der Waals surface area contributed by atoms with E-state index in [1.165, 1.54) is 0 Å². The van der Waals surface area contributed by atoms with Gasteiger partial charge in [0.15, 0.2) is 11.1 Å². The van der Waals surface area contributed by atoms with Gasteiger partial charge in [-0.15, -0.1) is 0 Å². The van der Waals surface area contributed by atoms with E-state index >= 15 is 0 Å². The Morgan fingerprint density at radius 2 is 2.07 bits per heavy atom. The maximum absolute atomic E-state index is 11.4. The minimum absolute atomic E-state index is 0.229. The lowest BCUT2D eigenvalue weighted by molar-refractivity contribution is 0.454. The highest BCUT2D eigenvalue weighted by atomic mass is 16.3. The third-order valence-corrected chi connectivity index (χ3v) is 4.35. The second-order valence-electron chi connectivity index (χ2n) is 6.42. The Balaban J connectivity index is 1.79. The Hall–Kier alpha value is -3.75. The van der Waals surface area contributed by atoms with Gasteiger partial charge in [0.05, 0.1) is 17.9 Å². The summed E-state index contributed by atoms with van der Waals surface area (Å²) < 4.78 is 1.68. The zero-order valence-electron chi connectivity index (χ0n) is 14.1. The lowest BCUT2D eigenvalue weighted by Gasteiger charge is -2.02. The number of aromatic hydroxyl groups is 1. The molecule has 4 heterocycles. The highest BCUT2D eigenvalue weighted by molar-refractivity contribution is 5.63. The predicted molar refractivity (Wildman–Crippen MR) is 96.7 cm³/mol. The van der Waals surface area contributed by atoms with E-state index in [0.717, 1.165) is 29.6 Å². The number of aromatic nitrogens is 6. The van der Waals surface area contributed by atoms with Gasteiger partial charge in [0.2, 0.25) is 5.88 Å². The molecule has 0 amide bonds. The maximum Gasteiger partial charge on any atom is 0.326 e. The molecule has 0 spiro atoms. The number of H-pyrrole nitrogens is 2. The second-order valence-corrected chi connectivity index (χ2v) is 6.42. The molecule has 0 unspecified atom stereocenters. The zero-order valence-corrected chi connectivity index (χ0v) is 14.1. The number of imidazole rings is 1. The molecule has 1 fully saturated rings. The molecule has 0 bridgehead atoms. The van der Waals surface area contributed by atoms with Gasteiger partial charge in [-0.25, -0.2) is 9.78 Å². The molecule has 4 aromatic rings. The largest absolute Gasteiger partial charge is 0.493 e. The summed E-state index contributed by atoms with van der Waals surface area (Å²) >= 11 is 0. The molecule has 0 radical (unpaired) electrons. The van der Waals surface area contributed by atoms with Crippen molar-refractivity contribution in [2.24, 2.45) is 4.99 Å². The average molecular weight is 361 g/mol. The van der Waals surface area contributed by atoms with Crippen molar-refractivity contribution in [1.29, 1.82) is 0 Å². The van der Waals surface area contributed by atoms with Crippen LogP contribution in [-0.2, 0) is 0 Å². The maximum atomic E-state index is 11.4. The van der Waals surface area contributed by atoms with Crippen LogP contribution in [0.15, 0.2) is 46.6 Å². The van der Waals surface area contributed by atoms with Crippen molar-refractivity contribution in [2.45, 2.75) is 18.9 Å². The smallest absolute Gasteiger partial charge is 0.326 e. The number of rotatable bonds is 3. The molecule has 1 aliphatic carbocycles. The van der Waals surface area contributed by atoms with Crippen LogP contribution < -0.4 is 16.4 Å². The van der Waals surface area contributed by atoms with Gasteiger partial charge >= 0.3 is 5.69 Å². The number of pyridine rings is 1. The zero-order chi connectivity index (χ0) is 18.4. The van der Waals surface area contributed by atoms with Crippen LogP contribution in [0.25, 0.3) is 23.0 Å². The van der Waals surface area contributed by atoms with Gasteiger partial charge in [-0.2, -0.15) is 9.61 Å². The van der Waals surface area contributed by atoms with Gasteiger partial charge in [-0.1, -0.05) is 0 Å². The number of fused-ring (bicyclic) bond motifs is 1.